The molecule has 0 atom stereocenters. The fourth-order valence-electron chi connectivity index (χ4n) is 5.96. The van der Waals surface area contributed by atoms with E-state index in [1.807, 2.05) is 170 Å². The van der Waals surface area contributed by atoms with Gasteiger partial charge in [-0.05, 0) is 91.3 Å². The third-order valence-electron chi connectivity index (χ3n) is 8.88. The molecule has 0 heterocycles. The van der Waals surface area contributed by atoms with Crippen molar-refractivity contribution in [2.24, 2.45) is 0 Å². The third kappa shape index (κ3) is 12.1. The van der Waals surface area contributed by atoms with Crippen LogP contribution in [0.1, 0.15) is 38.9 Å². The largest absolute Gasteiger partial charge is 0.489 e. The zero-order chi connectivity index (χ0) is 39.1. The standard InChI is InChI=1S/C49H42Br2O6/c50-29-40-25-47(56-34-41-21-43(52-30-36-13-5-1-6-14-36)27-44(22-41)53-31-37-15-7-2-8-16-37)49(51)48(26-40)57-35-42-23-45(54-32-38-17-9-3-10-18-38)28-46(24-42)55-33-39-19-11-4-12-20-39/h1-28H,29-35H2. The lowest BCUT2D eigenvalue weighted by Crippen LogP contribution is -2.03. The van der Waals surface area contributed by atoms with E-state index in [4.69, 9.17) is 28.4 Å². The van der Waals surface area contributed by atoms with Crippen LogP contribution in [-0.4, -0.2) is 0 Å². The second-order valence-electron chi connectivity index (χ2n) is 13.3. The lowest BCUT2D eigenvalue weighted by atomic mass is 10.2. The maximum atomic E-state index is 6.48. The van der Waals surface area contributed by atoms with Crippen molar-refractivity contribution in [1.82, 2.24) is 0 Å². The van der Waals surface area contributed by atoms with E-state index < -0.39 is 0 Å². The number of halogens is 2. The Morgan fingerprint density at radius 3 is 0.860 bits per heavy atom. The number of alkyl halides is 1. The van der Waals surface area contributed by atoms with Gasteiger partial charge in [0.1, 0.15) is 78.6 Å². The van der Waals surface area contributed by atoms with Crippen LogP contribution in [-0.2, 0) is 45.0 Å². The number of ether oxygens (including phenoxy) is 6. The molecule has 6 nitrogen and oxygen atoms in total. The van der Waals surface area contributed by atoms with E-state index in [0.29, 0.717) is 70.7 Å². The Kier molecular flexibility index (Phi) is 14.2. The van der Waals surface area contributed by atoms with E-state index >= 15 is 0 Å². The SMILES string of the molecule is BrCc1cc(OCc2cc(OCc3ccccc3)cc(OCc3ccccc3)c2)c(Br)c(OCc2cc(OCc3ccccc3)cc(OCc3ccccc3)c2)c1. The molecule has 0 fully saturated rings. The monoisotopic (exact) mass is 884 g/mol. The summed E-state index contributed by atoms with van der Waals surface area (Å²) in [5, 5.41) is 0.619. The Morgan fingerprint density at radius 1 is 0.298 bits per heavy atom. The first-order valence-corrected chi connectivity index (χ1v) is 20.6. The van der Waals surface area contributed by atoms with Gasteiger partial charge in [-0.3, -0.25) is 0 Å². The predicted molar refractivity (Wildman–Crippen MR) is 231 cm³/mol. The van der Waals surface area contributed by atoms with Gasteiger partial charge in [0.25, 0.3) is 0 Å². The summed E-state index contributed by atoms with van der Waals surface area (Å²) in [5.74, 6) is 4.09. The van der Waals surface area contributed by atoms with E-state index in [0.717, 1.165) is 38.9 Å². The van der Waals surface area contributed by atoms with Crippen LogP contribution < -0.4 is 28.4 Å². The summed E-state index contributed by atoms with van der Waals surface area (Å²) in [6.45, 7) is 2.29. The van der Waals surface area contributed by atoms with Crippen molar-refractivity contribution in [3.05, 3.63) is 213 Å². The van der Waals surface area contributed by atoms with Gasteiger partial charge in [-0.15, -0.1) is 0 Å². The van der Waals surface area contributed by atoms with Gasteiger partial charge in [0.05, 0.1) is 0 Å². The van der Waals surface area contributed by atoms with Crippen molar-refractivity contribution in [1.29, 1.82) is 0 Å². The van der Waals surface area contributed by atoms with Crippen molar-refractivity contribution < 1.29 is 28.4 Å². The molecule has 0 aliphatic rings. The summed E-state index contributed by atoms with van der Waals surface area (Å²) in [4.78, 5) is 0. The van der Waals surface area contributed by atoms with Gasteiger partial charge >= 0.3 is 0 Å². The average Bonchev–Trinajstić information content (AvgIpc) is 3.27. The average molecular weight is 887 g/mol. The molecule has 288 valence electrons. The van der Waals surface area contributed by atoms with E-state index in [1.54, 1.807) is 0 Å². The highest BCUT2D eigenvalue weighted by Crippen LogP contribution is 2.38. The van der Waals surface area contributed by atoms with Crippen molar-refractivity contribution in [2.45, 2.75) is 45.0 Å². The Morgan fingerprint density at radius 2 is 0.579 bits per heavy atom. The lowest BCUT2D eigenvalue weighted by Gasteiger charge is -2.17. The molecular formula is C49H42Br2O6. The molecule has 0 aliphatic heterocycles. The van der Waals surface area contributed by atoms with Crippen molar-refractivity contribution in [3.8, 4) is 34.5 Å². The summed E-state index contributed by atoms with van der Waals surface area (Å²) < 4.78 is 38.6. The summed E-state index contributed by atoms with van der Waals surface area (Å²) in [5.41, 5.74) is 7.12. The maximum absolute atomic E-state index is 6.48. The minimum absolute atomic E-state index is 0.275. The molecule has 0 spiro atoms. The van der Waals surface area contributed by atoms with Crippen LogP contribution in [0.5, 0.6) is 34.5 Å². The van der Waals surface area contributed by atoms with Crippen molar-refractivity contribution in [3.63, 3.8) is 0 Å². The van der Waals surface area contributed by atoms with Crippen molar-refractivity contribution in [2.75, 3.05) is 0 Å². The van der Waals surface area contributed by atoms with Gasteiger partial charge in [0, 0.05) is 17.5 Å². The first kappa shape index (κ1) is 39.5. The molecule has 7 rings (SSSR count). The zero-order valence-corrected chi connectivity index (χ0v) is 34.5. The number of benzene rings is 7. The summed E-state index contributed by atoms with van der Waals surface area (Å²) in [6, 6.07) is 56.2. The number of hydrogen-bond acceptors (Lipinski definition) is 6. The highest BCUT2D eigenvalue weighted by molar-refractivity contribution is 9.10. The minimum atomic E-state index is 0.275. The predicted octanol–water partition coefficient (Wildman–Crippen LogP) is 12.8. The molecule has 8 heteroatoms. The highest BCUT2D eigenvalue weighted by Gasteiger charge is 2.14. The molecule has 0 aliphatic carbocycles. The fraction of sp³-hybridized carbons (Fsp3) is 0.143. The quantitative estimate of drug-likeness (QED) is 0.0754. The van der Waals surface area contributed by atoms with Crippen LogP contribution in [0.15, 0.2) is 174 Å². The van der Waals surface area contributed by atoms with E-state index in [1.165, 1.54) is 0 Å². The molecule has 0 bridgehead atoms. The number of rotatable bonds is 19. The van der Waals surface area contributed by atoms with Crippen LogP contribution in [0.3, 0.4) is 0 Å². The summed E-state index contributed by atoms with van der Waals surface area (Å²) >= 11 is 7.42. The van der Waals surface area contributed by atoms with Crippen LogP contribution in [0.25, 0.3) is 0 Å². The smallest absolute Gasteiger partial charge is 0.138 e. The molecule has 0 radical (unpaired) electrons. The van der Waals surface area contributed by atoms with Crippen LogP contribution >= 0.6 is 31.9 Å². The van der Waals surface area contributed by atoms with E-state index in [9.17, 15) is 0 Å². The Balaban J connectivity index is 1.07. The van der Waals surface area contributed by atoms with Gasteiger partial charge in [-0.1, -0.05) is 137 Å². The van der Waals surface area contributed by atoms with Crippen LogP contribution in [0.4, 0.5) is 0 Å². The number of hydrogen-bond donors (Lipinski definition) is 0. The van der Waals surface area contributed by atoms with Crippen LogP contribution in [0, 0.1) is 0 Å². The summed E-state index contributed by atoms with van der Waals surface area (Å²) in [6.07, 6.45) is 0. The molecule has 0 unspecified atom stereocenters. The van der Waals surface area contributed by atoms with Gasteiger partial charge in [-0.2, -0.15) is 0 Å². The second kappa shape index (κ2) is 20.5. The molecule has 7 aromatic rings. The fourth-order valence-corrected chi connectivity index (χ4v) is 6.74. The summed E-state index contributed by atoms with van der Waals surface area (Å²) in [7, 11) is 0. The lowest BCUT2D eigenvalue weighted by molar-refractivity contribution is 0.274. The Hall–Kier alpha value is -5.70. The Labute approximate surface area is 351 Å². The molecule has 0 saturated carbocycles. The first-order chi connectivity index (χ1) is 28.1. The maximum Gasteiger partial charge on any atom is 0.138 e. The molecule has 0 saturated heterocycles. The van der Waals surface area contributed by atoms with Gasteiger partial charge in [0.2, 0.25) is 0 Å². The van der Waals surface area contributed by atoms with Gasteiger partial charge in [-0.25, -0.2) is 0 Å². The molecule has 7 aromatic carbocycles. The highest BCUT2D eigenvalue weighted by atomic mass is 79.9. The van der Waals surface area contributed by atoms with Crippen molar-refractivity contribution >= 4 is 31.9 Å². The molecular weight excluding hydrogens is 844 g/mol. The van der Waals surface area contributed by atoms with Gasteiger partial charge in [0.15, 0.2) is 0 Å². The molecule has 0 amide bonds. The normalized spacial score (nSPS) is 10.8. The Bertz CT molecular complexity index is 2020. The van der Waals surface area contributed by atoms with E-state index in [2.05, 4.69) is 31.9 Å². The first-order valence-electron chi connectivity index (χ1n) is 18.6. The molecule has 0 N–H and O–H groups in total. The molecule has 0 aromatic heterocycles. The van der Waals surface area contributed by atoms with Crippen LogP contribution in [0.2, 0.25) is 0 Å². The van der Waals surface area contributed by atoms with Gasteiger partial charge < -0.3 is 28.4 Å². The minimum Gasteiger partial charge on any atom is -0.489 e. The molecule has 57 heavy (non-hydrogen) atoms. The van der Waals surface area contributed by atoms with E-state index in [-0.39, 0.29) is 13.2 Å². The topological polar surface area (TPSA) is 55.4 Å². The second-order valence-corrected chi connectivity index (χ2v) is 14.7. The third-order valence-corrected chi connectivity index (χ3v) is 10.3. The zero-order valence-electron chi connectivity index (χ0n) is 31.3.